The van der Waals surface area contributed by atoms with Crippen LogP contribution in [0.1, 0.15) is 62.8 Å². The second-order valence-corrected chi connectivity index (χ2v) is 5.04. The molecule has 0 heterocycles. The van der Waals surface area contributed by atoms with E-state index in [1.54, 1.807) is 0 Å². The van der Waals surface area contributed by atoms with Crippen LogP contribution >= 0.6 is 0 Å². The van der Waals surface area contributed by atoms with Crippen molar-refractivity contribution < 1.29 is 4.79 Å². The molecule has 1 atom stereocenters. The van der Waals surface area contributed by atoms with Crippen LogP contribution in [0.3, 0.4) is 0 Å². The predicted octanol–water partition coefficient (Wildman–Crippen LogP) is 4.80. The molecule has 0 saturated heterocycles. The van der Waals surface area contributed by atoms with Gasteiger partial charge in [-0.1, -0.05) is 56.4 Å². The molecule has 1 nitrogen and oxygen atoms in total. The molecular formula is C14H32O. The van der Waals surface area contributed by atoms with Crippen LogP contribution in [0.5, 0.6) is 0 Å². The molecule has 0 aromatic rings. The van der Waals surface area contributed by atoms with Gasteiger partial charge in [0.1, 0.15) is 5.78 Å². The first-order valence-electron chi connectivity index (χ1n) is 5.40. The van der Waals surface area contributed by atoms with E-state index in [4.69, 9.17) is 0 Å². The summed E-state index contributed by atoms with van der Waals surface area (Å²) < 4.78 is 0. The van der Waals surface area contributed by atoms with Gasteiger partial charge in [-0.3, -0.25) is 4.79 Å². The summed E-state index contributed by atoms with van der Waals surface area (Å²) >= 11 is 0. The highest BCUT2D eigenvalue weighted by Crippen LogP contribution is 2.23. The third kappa shape index (κ3) is 7.58. The molecule has 0 aromatic carbocycles. The number of Topliss-reactive ketones (excluding diaryl/α,β-unsaturated/α-hetero) is 1. The minimum Gasteiger partial charge on any atom is -0.299 e. The van der Waals surface area contributed by atoms with Crippen molar-refractivity contribution in [2.45, 2.75) is 62.8 Å². The van der Waals surface area contributed by atoms with E-state index in [1.807, 2.05) is 13.8 Å². The van der Waals surface area contributed by atoms with Gasteiger partial charge in [0.25, 0.3) is 0 Å². The van der Waals surface area contributed by atoms with Crippen LogP contribution in [0.2, 0.25) is 0 Å². The van der Waals surface area contributed by atoms with Gasteiger partial charge >= 0.3 is 0 Å². The fourth-order valence-electron chi connectivity index (χ4n) is 1.65. The first-order chi connectivity index (χ1) is 5.86. The van der Waals surface area contributed by atoms with Crippen molar-refractivity contribution in [1.29, 1.82) is 0 Å². The van der Waals surface area contributed by atoms with E-state index in [-0.39, 0.29) is 26.7 Å². The predicted molar refractivity (Wildman–Crippen MR) is 71.1 cm³/mol. The van der Waals surface area contributed by atoms with Crippen LogP contribution < -0.4 is 0 Å². The van der Waals surface area contributed by atoms with Crippen LogP contribution in [-0.4, -0.2) is 5.78 Å². The Hall–Kier alpha value is -0.330. The Morgan fingerprint density at radius 3 is 1.53 bits per heavy atom. The molecule has 0 rings (SSSR count). The first kappa shape index (κ1) is 20.1. The van der Waals surface area contributed by atoms with Crippen molar-refractivity contribution in [3.8, 4) is 0 Å². The topological polar surface area (TPSA) is 17.1 Å². The number of hydrogen-bond donors (Lipinski definition) is 0. The lowest BCUT2D eigenvalue weighted by atomic mass is 9.81. The molecule has 0 aliphatic carbocycles. The quantitative estimate of drug-likeness (QED) is 0.645. The molecule has 1 unspecified atom stereocenters. The molecule has 0 aliphatic heterocycles. The molecule has 0 saturated carbocycles. The Labute approximate surface area is 97.7 Å². The van der Waals surface area contributed by atoms with Crippen LogP contribution in [0.15, 0.2) is 0 Å². The van der Waals surface area contributed by atoms with Crippen LogP contribution in [0, 0.1) is 23.7 Å². The fourth-order valence-corrected chi connectivity index (χ4v) is 1.65. The Balaban J connectivity index is -0.000000720. The maximum Gasteiger partial charge on any atom is 0.138 e. The standard InChI is InChI=1S/C12H24O.2CH4/c1-8(2)7-11(9(3)4)12(13)10(5)6;;/h8-11H,7H2,1-6H3;2*1H4. The van der Waals surface area contributed by atoms with Crippen LogP contribution in [0.25, 0.3) is 0 Å². The minimum absolute atomic E-state index is 0. The SMILES string of the molecule is C.C.CC(C)CC(C(=O)C(C)C)C(C)C. The third-order valence-electron chi connectivity index (χ3n) is 2.46. The molecule has 0 amide bonds. The third-order valence-corrected chi connectivity index (χ3v) is 2.46. The lowest BCUT2D eigenvalue weighted by Crippen LogP contribution is -2.25. The van der Waals surface area contributed by atoms with Gasteiger partial charge in [0.15, 0.2) is 0 Å². The monoisotopic (exact) mass is 216 g/mol. The van der Waals surface area contributed by atoms with Gasteiger partial charge in [0.05, 0.1) is 0 Å². The van der Waals surface area contributed by atoms with Crippen molar-refractivity contribution in [1.82, 2.24) is 0 Å². The molecule has 0 spiro atoms. The molecule has 1 heteroatoms. The molecular weight excluding hydrogens is 184 g/mol. The number of carbonyl (C=O) groups is 1. The summed E-state index contributed by atoms with van der Waals surface area (Å²) in [5.74, 6) is 1.99. The van der Waals surface area contributed by atoms with Gasteiger partial charge in [-0.05, 0) is 18.3 Å². The minimum atomic E-state index is 0. The van der Waals surface area contributed by atoms with Gasteiger partial charge in [-0.25, -0.2) is 0 Å². The van der Waals surface area contributed by atoms with Gasteiger partial charge in [0, 0.05) is 11.8 Å². The smallest absolute Gasteiger partial charge is 0.138 e. The summed E-state index contributed by atoms with van der Waals surface area (Å²) in [7, 11) is 0. The highest BCUT2D eigenvalue weighted by atomic mass is 16.1. The number of ketones is 1. The number of hydrogen-bond acceptors (Lipinski definition) is 1. The molecule has 0 N–H and O–H groups in total. The summed E-state index contributed by atoms with van der Waals surface area (Å²) in [6.07, 6.45) is 1.04. The Morgan fingerprint density at radius 1 is 0.933 bits per heavy atom. The largest absolute Gasteiger partial charge is 0.299 e. The Morgan fingerprint density at radius 2 is 1.33 bits per heavy atom. The maximum atomic E-state index is 11.8. The van der Waals surface area contributed by atoms with E-state index in [0.29, 0.717) is 17.6 Å². The van der Waals surface area contributed by atoms with Crippen molar-refractivity contribution in [3.63, 3.8) is 0 Å². The van der Waals surface area contributed by atoms with E-state index < -0.39 is 0 Å². The molecule has 94 valence electrons. The summed E-state index contributed by atoms with van der Waals surface area (Å²) in [5.41, 5.74) is 0. The highest BCUT2D eigenvalue weighted by Gasteiger charge is 2.24. The Bertz CT molecular complexity index is 157. The van der Waals surface area contributed by atoms with Crippen molar-refractivity contribution in [2.75, 3.05) is 0 Å². The number of rotatable bonds is 5. The average Bonchev–Trinajstić information content (AvgIpc) is 1.97. The van der Waals surface area contributed by atoms with Crippen molar-refractivity contribution in [2.24, 2.45) is 23.7 Å². The second-order valence-electron chi connectivity index (χ2n) is 5.04. The normalized spacial score (nSPS) is 12.3. The first-order valence-corrected chi connectivity index (χ1v) is 5.40. The molecule has 0 bridgehead atoms. The summed E-state index contributed by atoms with van der Waals surface area (Å²) in [6.45, 7) is 12.7. The van der Waals surface area contributed by atoms with E-state index in [0.717, 1.165) is 6.42 Å². The zero-order valence-electron chi connectivity index (χ0n) is 9.92. The molecule has 0 aromatic heterocycles. The van der Waals surface area contributed by atoms with E-state index >= 15 is 0 Å². The molecule has 0 radical (unpaired) electrons. The van der Waals surface area contributed by atoms with Gasteiger partial charge in [-0.15, -0.1) is 0 Å². The second kappa shape index (κ2) is 8.94. The van der Waals surface area contributed by atoms with Crippen molar-refractivity contribution in [3.05, 3.63) is 0 Å². The molecule has 0 aliphatic rings. The van der Waals surface area contributed by atoms with Crippen LogP contribution in [0.4, 0.5) is 0 Å². The number of carbonyl (C=O) groups excluding carboxylic acids is 1. The van der Waals surface area contributed by atoms with Gasteiger partial charge in [-0.2, -0.15) is 0 Å². The summed E-state index contributed by atoms with van der Waals surface area (Å²) in [6, 6.07) is 0. The summed E-state index contributed by atoms with van der Waals surface area (Å²) in [4.78, 5) is 11.8. The maximum absolute atomic E-state index is 11.8. The molecule has 0 fully saturated rings. The zero-order valence-corrected chi connectivity index (χ0v) is 9.92. The lowest BCUT2D eigenvalue weighted by molar-refractivity contribution is -0.127. The van der Waals surface area contributed by atoms with E-state index in [9.17, 15) is 4.79 Å². The highest BCUT2D eigenvalue weighted by molar-refractivity contribution is 5.82. The van der Waals surface area contributed by atoms with E-state index in [1.165, 1.54) is 0 Å². The van der Waals surface area contributed by atoms with Crippen molar-refractivity contribution >= 4 is 5.78 Å². The van der Waals surface area contributed by atoms with E-state index in [2.05, 4.69) is 27.7 Å². The average molecular weight is 216 g/mol. The summed E-state index contributed by atoms with van der Waals surface area (Å²) in [5, 5.41) is 0. The lowest BCUT2D eigenvalue weighted by Gasteiger charge is -2.23. The fraction of sp³-hybridized carbons (Fsp3) is 0.929. The Kier molecular flexibility index (Phi) is 12.0. The van der Waals surface area contributed by atoms with Gasteiger partial charge in [0.2, 0.25) is 0 Å². The van der Waals surface area contributed by atoms with Gasteiger partial charge < -0.3 is 0 Å². The molecule has 15 heavy (non-hydrogen) atoms. The zero-order chi connectivity index (χ0) is 10.6. The van der Waals surface area contributed by atoms with Crippen LogP contribution in [-0.2, 0) is 4.79 Å².